The molecule has 0 saturated carbocycles. The second kappa shape index (κ2) is 10.7. The average molecular weight is 518 g/mol. The molecule has 1 aliphatic heterocycles. The van der Waals surface area contributed by atoms with Crippen LogP contribution in [-0.2, 0) is 21.4 Å². The van der Waals surface area contributed by atoms with E-state index >= 15 is 0 Å². The molecule has 1 N–H and O–H groups in total. The minimum absolute atomic E-state index is 0.0129. The first kappa shape index (κ1) is 26.9. The Morgan fingerprint density at radius 3 is 2.18 bits per heavy atom. The maximum atomic E-state index is 13.4. The standard InChI is InChI=1S/C31H32FNO5/c1-31(2,3)21-10-8-20(9-11-21)27-26(28(34)24-15-14-23(37-4)18-25(24)38-5)29(35)30(36)33(27)17-16-19-6-12-22(32)13-7-19/h6-15,18,27,34H,16-17H2,1-5H3/b28-26-. The number of aliphatic hydroxyl groups excluding tert-OH is 1. The number of aliphatic hydroxyl groups is 1. The van der Waals surface area contributed by atoms with Gasteiger partial charge in [-0.1, -0.05) is 57.2 Å². The van der Waals surface area contributed by atoms with Gasteiger partial charge in [-0.25, -0.2) is 4.39 Å². The lowest BCUT2D eigenvalue weighted by molar-refractivity contribution is -0.139. The van der Waals surface area contributed by atoms with Gasteiger partial charge in [0.1, 0.15) is 23.1 Å². The van der Waals surface area contributed by atoms with Gasteiger partial charge in [-0.15, -0.1) is 0 Å². The number of hydrogen-bond acceptors (Lipinski definition) is 5. The number of amides is 1. The van der Waals surface area contributed by atoms with Crippen molar-refractivity contribution in [3.63, 3.8) is 0 Å². The van der Waals surface area contributed by atoms with E-state index in [1.807, 2.05) is 24.3 Å². The van der Waals surface area contributed by atoms with Gasteiger partial charge in [-0.2, -0.15) is 0 Å². The van der Waals surface area contributed by atoms with Crippen LogP contribution in [-0.4, -0.2) is 42.5 Å². The van der Waals surface area contributed by atoms with Gasteiger partial charge in [-0.3, -0.25) is 9.59 Å². The van der Waals surface area contributed by atoms with E-state index in [9.17, 15) is 19.1 Å². The lowest BCUT2D eigenvalue weighted by atomic mass is 9.85. The van der Waals surface area contributed by atoms with E-state index in [4.69, 9.17) is 9.47 Å². The predicted molar refractivity (Wildman–Crippen MR) is 144 cm³/mol. The van der Waals surface area contributed by atoms with E-state index in [2.05, 4.69) is 20.8 Å². The summed E-state index contributed by atoms with van der Waals surface area (Å²) in [4.78, 5) is 28.2. The topological polar surface area (TPSA) is 76.1 Å². The Morgan fingerprint density at radius 1 is 0.947 bits per heavy atom. The van der Waals surface area contributed by atoms with Crippen LogP contribution in [0, 0.1) is 5.82 Å². The number of ether oxygens (including phenoxy) is 2. The van der Waals surface area contributed by atoms with Crippen molar-refractivity contribution >= 4 is 17.4 Å². The Kier molecular flexibility index (Phi) is 7.58. The molecule has 1 heterocycles. The number of halogens is 1. The Hall–Kier alpha value is -4.13. The zero-order chi connectivity index (χ0) is 27.6. The van der Waals surface area contributed by atoms with Gasteiger partial charge in [0.05, 0.1) is 31.4 Å². The summed E-state index contributed by atoms with van der Waals surface area (Å²) in [6, 6.07) is 17.8. The fraction of sp³-hybridized carbons (Fsp3) is 0.290. The number of Topliss-reactive ketones (excluding diaryl/α,β-unsaturated/α-hetero) is 1. The third-order valence-electron chi connectivity index (χ3n) is 6.85. The molecule has 1 amide bonds. The van der Waals surface area contributed by atoms with E-state index in [1.54, 1.807) is 30.3 Å². The van der Waals surface area contributed by atoms with Crippen molar-refractivity contribution in [1.82, 2.24) is 4.90 Å². The van der Waals surface area contributed by atoms with Crippen LogP contribution in [0.5, 0.6) is 11.5 Å². The summed E-state index contributed by atoms with van der Waals surface area (Å²) < 4.78 is 24.1. The molecular weight excluding hydrogens is 485 g/mol. The molecule has 1 aliphatic rings. The van der Waals surface area contributed by atoms with Crippen LogP contribution < -0.4 is 9.47 Å². The lowest BCUT2D eigenvalue weighted by Gasteiger charge is -2.26. The van der Waals surface area contributed by atoms with Crippen LogP contribution in [0.4, 0.5) is 4.39 Å². The maximum Gasteiger partial charge on any atom is 0.295 e. The predicted octanol–water partition coefficient (Wildman–Crippen LogP) is 5.80. The van der Waals surface area contributed by atoms with Crippen molar-refractivity contribution in [3.05, 3.63) is 100 Å². The first-order chi connectivity index (χ1) is 18.0. The van der Waals surface area contributed by atoms with Crippen molar-refractivity contribution in [2.24, 2.45) is 0 Å². The molecule has 1 atom stereocenters. The lowest BCUT2D eigenvalue weighted by Crippen LogP contribution is -2.31. The molecule has 0 spiro atoms. The Morgan fingerprint density at radius 2 is 1.61 bits per heavy atom. The van der Waals surface area contributed by atoms with Crippen LogP contribution in [0.2, 0.25) is 0 Å². The molecule has 0 aliphatic carbocycles. The Labute approximate surface area is 222 Å². The zero-order valence-electron chi connectivity index (χ0n) is 22.2. The van der Waals surface area contributed by atoms with Gasteiger partial charge in [0.15, 0.2) is 0 Å². The van der Waals surface area contributed by atoms with Gasteiger partial charge in [0.25, 0.3) is 11.7 Å². The molecule has 38 heavy (non-hydrogen) atoms. The third-order valence-corrected chi connectivity index (χ3v) is 6.85. The Bertz CT molecular complexity index is 1370. The molecule has 3 aromatic carbocycles. The second-order valence-electron chi connectivity index (χ2n) is 10.3. The minimum Gasteiger partial charge on any atom is -0.507 e. The maximum absolute atomic E-state index is 13.4. The summed E-state index contributed by atoms with van der Waals surface area (Å²) in [6.45, 7) is 6.52. The molecule has 3 aromatic rings. The molecule has 1 fully saturated rings. The molecular formula is C31H32FNO5. The van der Waals surface area contributed by atoms with Gasteiger partial charge >= 0.3 is 0 Å². The van der Waals surface area contributed by atoms with Crippen molar-refractivity contribution in [1.29, 1.82) is 0 Å². The first-order valence-electron chi connectivity index (χ1n) is 12.4. The summed E-state index contributed by atoms with van der Waals surface area (Å²) >= 11 is 0. The molecule has 6 nitrogen and oxygen atoms in total. The summed E-state index contributed by atoms with van der Waals surface area (Å²) in [5.41, 5.74) is 2.81. The second-order valence-corrected chi connectivity index (χ2v) is 10.3. The fourth-order valence-corrected chi connectivity index (χ4v) is 4.66. The summed E-state index contributed by atoms with van der Waals surface area (Å²) in [5.74, 6) is -1.32. The number of likely N-dealkylation sites (tertiary alicyclic amines) is 1. The van der Waals surface area contributed by atoms with Gasteiger partial charge in [0.2, 0.25) is 0 Å². The molecule has 0 radical (unpaired) electrons. The highest BCUT2D eigenvalue weighted by Gasteiger charge is 2.46. The normalized spacial score (nSPS) is 17.1. The van der Waals surface area contributed by atoms with Crippen molar-refractivity contribution in [3.8, 4) is 11.5 Å². The highest BCUT2D eigenvalue weighted by Crippen LogP contribution is 2.42. The molecule has 4 rings (SSSR count). The van der Waals surface area contributed by atoms with E-state index < -0.39 is 17.7 Å². The summed E-state index contributed by atoms with van der Waals surface area (Å²) in [6.07, 6.45) is 0.412. The quantitative estimate of drug-likeness (QED) is 0.243. The first-order valence-corrected chi connectivity index (χ1v) is 12.4. The van der Waals surface area contributed by atoms with E-state index in [1.165, 1.54) is 31.3 Å². The molecule has 0 aromatic heterocycles. The largest absolute Gasteiger partial charge is 0.507 e. The molecule has 0 bridgehead atoms. The zero-order valence-corrected chi connectivity index (χ0v) is 22.2. The highest BCUT2D eigenvalue weighted by molar-refractivity contribution is 6.46. The smallest absolute Gasteiger partial charge is 0.295 e. The monoisotopic (exact) mass is 517 g/mol. The SMILES string of the molecule is COc1ccc(/C(O)=C2/C(=O)C(=O)N(CCc3ccc(F)cc3)C2c2ccc(C(C)(C)C)cc2)c(OC)c1. The number of methoxy groups -OCH3 is 2. The number of ketones is 1. The van der Waals surface area contributed by atoms with E-state index in [-0.39, 0.29) is 34.7 Å². The minimum atomic E-state index is -0.809. The van der Waals surface area contributed by atoms with Gasteiger partial charge in [-0.05, 0) is 52.8 Å². The molecule has 198 valence electrons. The van der Waals surface area contributed by atoms with Crippen LogP contribution in [0.3, 0.4) is 0 Å². The third kappa shape index (κ3) is 5.28. The van der Waals surface area contributed by atoms with Crippen LogP contribution in [0.15, 0.2) is 72.3 Å². The number of carbonyl (C=O) groups is 2. The summed E-state index contributed by atoms with van der Waals surface area (Å²) in [7, 11) is 2.97. The van der Waals surface area contributed by atoms with Gasteiger partial charge in [0, 0.05) is 12.6 Å². The molecule has 1 saturated heterocycles. The number of hydrogen-bond donors (Lipinski definition) is 1. The molecule has 7 heteroatoms. The van der Waals surface area contributed by atoms with Crippen molar-refractivity contribution in [2.75, 3.05) is 20.8 Å². The van der Waals surface area contributed by atoms with Crippen LogP contribution in [0.25, 0.3) is 5.76 Å². The Balaban J connectivity index is 1.82. The summed E-state index contributed by atoms with van der Waals surface area (Å²) in [5, 5.41) is 11.5. The van der Waals surface area contributed by atoms with Crippen LogP contribution in [0.1, 0.15) is 49.1 Å². The number of benzene rings is 3. The highest BCUT2D eigenvalue weighted by atomic mass is 19.1. The number of nitrogens with zero attached hydrogens (tertiary/aromatic N) is 1. The average Bonchev–Trinajstić information content (AvgIpc) is 3.16. The van der Waals surface area contributed by atoms with Crippen molar-refractivity contribution < 1.29 is 28.6 Å². The number of carbonyl (C=O) groups excluding carboxylic acids is 2. The molecule has 1 unspecified atom stereocenters. The number of rotatable bonds is 7. The van der Waals surface area contributed by atoms with Gasteiger partial charge < -0.3 is 19.5 Å². The van der Waals surface area contributed by atoms with Crippen LogP contribution >= 0.6 is 0 Å². The van der Waals surface area contributed by atoms with E-state index in [0.29, 0.717) is 23.5 Å². The fourth-order valence-electron chi connectivity index (χ4n) is 4.66. The van der Waals surface area contributed by atoms with Crippen molar-refractivity contribution in [2.45, 2.75) is 38.6 Å². The van der Waals surface area contributed by atoms with E-state index in [0.717, 1.165) is 11.1 Å².